The maximum atomic E-state index is 11.3. The molecule has 0 saturated carbocycles. The molecule has 5 heteroatoms. The van der Waals surface area contributed by atoms with Gasteiger partial charge in [0.1, 0.15) is 0 Å². The topological polar surface area (TPSA) is 38.3 Å². The van der Waals surface area contributed by atoms with Gasteiger partial charge >= 0.3 is 0 Å². The third kappa shape index (κ3) is 4.10. The van der Waals surface area contributed by atoms with Crippen LogP contribution >= 0.6 is 11.8 Å². The molecule has 1 N–H and O–H groups in total. The molecule has 1 amide bonds. The van der Waals surface area contributed by atoms with Crippen molar-refractivity contribution >= 4 is 26.0 Å². The van der Waals surface area contributed by atoms with E-state index < -0.39 is 8.32 Å². The average Bonchev–Trinajstić information content (AvgIpc) is 2.58. The molecule has 0 aromatic rings. The Labute approximate surface area is 122 Å². The van der Waals surface area contributed by atoms with Crippen molar-refractivity contribution in [1.29, 1.82) is 0 Å². The maximum absolute atomic E-state index is 11.3. The van der Waals surface area contributed by atoms with E-state index in [1.807, 2.05) is 0 Å². The highest BCUT2D eigenvalue weighted by atomic mass is 32.2. The smallest absolute Gasteiger partial charge is 0.217 e. The number of hydrogen-bond donors (Lipinski definition) is 1. The van der Waals surface area contributed by atoms with Crippen molar-refractivity contribution in [3.05, 3.63) is 12.2 Å². The minimum atomic E-state index is -1.83. The lowest BCUT2D eigenvalue weighted by atomic mass is 10.2. The molecule has 0 heterocycles. The Kier molecular flexibility index (Phi) is 5.32. The second-order valence-electron chi connectivity index (χ2n) is 6.65. The second-order valence-corrected chi connectivity index (χ2v) is 12.4. The first-order valence-corrected chi connectivity index (χ1v) is 10.9. The molecule has 0 bridgehead atoms. The van der Waals surface area contributed by atoms with Gasteiger partial charge < -0.3 is 9.74 Å². The van der Waals surface area contributed by atoms with E-state index in [0.29, 0.717) is 5.25 Å². The fourth-order valence-electron chi connectivity index (χ4n) is 1.89. The van der Waals surface area contributed by atoms with E-state index in [0.717, 1.165) is 0 Å². The summed E-state index contributed by atoms with van der Waals surface area (Å²) < 4.78 is 6.52. The zero-order valence-electron chi connectivity index (χ0n) is 13.1. The Bertz CT molecular complexity index is 363. The molecular weight excluding hydrogens is 274 g/mol. The Hall–Kier alpha value is -0.263. The summed E-state index contributed by atoms with van der Waals surface area (Å²) in [5.41, 5.74) is 0. The summed E-state index contributed by atoms with van der Waals surface area (Å²) in [4.78, 5) is 11.3. The zero-order valence-corrected chi connectivity index (χ0v) is 14.9. The molecule has 1 rings (SSSR count). The Morgan fingerprint density at radius 3 is 2.32 bits per heavy atom. The van der Waals surface area contributed by atoms with Crippen molar-refractivity contribution < 1.29 is 9.22 Å². The predicted molar refractivity (Wildman–Crippen MR) is 86.1 cm³/mol. The van der Waals surface area contributed by atoms with Gasteiger partial charge in [-0.3, -0.25) is 4.79 Å². The number of nitrogens with one attached hydrogen (secondary N) is 1. The lowest BCUT2D eigenvalue weighted by molar-refractivity contribution is -0.119. The second kappa shape index (κ2) is 6.02. The summed E-state index contributed by atoms with van der Waals surface area (Å²) >= 11 is 1.78. The van der Waals surface area contributed by atoms with Crippen LogP contribution in [0.1, 0.15) is 27.7 Å². The molecule has 0 aromatic heterocycles. The van der Waals surface area contributed by atoms with Crippen LogP contribution in [0.2, 0.25) is 18.1 Å². The summed E-state index contributed by atoms with van der Waals surface area (Å²) in [6.07, 6.45) is 6.37. The highest BCUT2D eigenvalue weighted by molar-refractivity contribution is 7.99. The van der Waals surface area contributed by atoms with Crippen LogP contribution in [-0.2, 0) is 9.22 Å². The normalized spacial score (nSPS) is 27.6. The summed E-state index contributed by atoms with van der Waals surface area (Å²) in [5.74, 6) is 0.000217. The number of rotatable bonds is 4. The van der Waals surface area contributed by atoms with Gasteiger partial charge in [-0.25, -0.2) is 0 Å². The van der Waals surface area contributed by atoms with E-state index in [1.54, 1.807) is 18.7 Å². The van der Waals surface area contributed by atoms with Crippen LogP contribution in [0.25, 0.3) is 0 Å². The number of hydrogen-bond acceptors (Lipinski definition) is 3. The van der Waals surface area contributed by atoms with Gasteiger partial charge in [-0.15, -0.1) is 0 Å². The van der Waals surface area contributed by atoms with Crippen LogP contribution in [0.15, 0.2) is 12.2 Å². The molecule has 3 nitrogen and oxygen atoms in total. The molecule has 0 aromatic carbocycles. The van der Waals surface area contributed by atoms with Crippen LogP contribution in [0.3, 0.4) is 0 Å². The van der Waals surface area contributed by atoms with Gasteiger partial charge in [0, 0.05) is 12.2 Å². The SMILES string of the molecule is CS[C@@H]1C=C[C@@H](NC(C)=O)[C@H]1O[Si](C)(C)C(C)(C)C. The minimum Gasteiger partial charge on any atom is -0.410 e. The van der Waals surface area contributed by atoms with Crippen molar-refractivity contribution in [3.63, 3.8) is 0 Å². The van der Waals surface area contributed by atoms with Gasteiger partial charge in [-0.2, -0.15) is 11.8 Å². The molecule has 0 spiro atoms. The maximum Gasteiger partial charge on any atom is 0.217 e. The van der Waals surface area contributed by atoms with E-state index in [-0.39, 0.29) is 23.1 Å². The van der Waals surface area contributed by atoms with Gasteiger partial charge in [-0.05, 0) is 24.4 Å². The Morgan fingerprint density at radius 1 is 1.32 bits per heavy atom. The van der Waals surface area contributed by atoms with E-state index in [9.17, 15) is 4.79 Å². The summed E-state index contributed by atoms with van der Waals surface area (Å²) in [5, 5.41) is 3.49. The zero-order chi connectivity index (χ0) is 14.8. The summed E-state index contributed by atoms with van der Waals surface area (Å²) in [6, 6.07) is 0.00377. The molecular formula is C14H27NO2SSi. The van der Waals surface area contributed by atoms with Gasteiger partial charge in [0.05, 0.1) is 12.1 Å². The molecule has 3 atom stereocenters. The predicted octanol–water partition coefficient (Wildman–Crippen LogP) is 3.18. The van der Waals surface area contributed by atoms with E-state index in [4.69, 9.17) is 4.43 Å². The van der Waals surface area contributed by atoms with Crippen molar-refractivity contribution in [2.45, 2.75) is 63.2 Å². The van der Waals surface area contributed by atoms with Crippen LogP contribution in [-0.4, -0.2) is 37.9 Å². The van der Waals surface area contributed by atoms with Crippen molar-refractivity contribution in [2.24, 2.45) is 0 Å². The molecule has 1 aliphatic rings. The first kappa shape index (κ1) is 16.8. The van der Waals surface area contributed by atoms with E-state index in [1.165, 1.54) is 0 Å². The lowest BCUT2D eigenvalue weighted by Gasteiger charge is -2.41. The first-order valence-electron chi connectivity index (χ1n) is 6.74. The number of carbonyl (C=O) groups excluding carboxylic acids is 1. The lowest BCUT2D eigenvalue weighted by Crippen LogP contribution is -2.52. The first-order chi connectivity index (χ1) is 8.58. The quantitative estimate of drug-likeness (QED) is 0.640. The van der Waals surface area contributed by atoms with E-state index >= 15 is 0 Å². The highest BCUT2D eigenvalue weighted by Gasteiger charge is 2.43. The number of carbonyl (C=O) groups is 1. The van der Waals surface area contributed by atoms with Gasteiger partial charge in [0.15, 0.2) is 8.32 Å². The molecule has 1 aliphatic carbocycles. The number of thioether (sulfide) groups is 1. The Balaban J connectivity index is 2.85. The number of amides is 1. The molecule has 0 saturated heterocycles. The third-order valence-electron chi connectivity index (χ3n) is 4.06. The fourth-order valence-corrected chi connectivity index (χ4v) is 4.05. The highest BCUT2D eigenvalue weighted by Crippen LogP contribution is 2.39. The Morgan fingerprint density at radius 2 is 1.89 bits per heavy atom. The average molecular weight is 302 g/mol. The monoisotopic (exact) mass is 301 g/mol. The van der Waals surface area contributed by atoms with Crippen molar-refractivity contribution in [3.8, 4) is 0 Å². The minimum absolute atomic E-state index is 0.000217. The fraction of sp³-hybridized carbons (Fsp3) is 0.786. The largest absolute Gasteiger partial charge is 0.410 e. The van der Waals surface area contributed by atoms with Crippen LogP contribution in [0, 0.1) is 0 Å². The molecule has 0 unspecified atom stereocenters. The van der Waals surface area contributed by atoms with Crippen LogP contribution < -0.4 is 5.32 Å². The van der Waals surface area contributed by atoms with Gasteiger partial charge in [0.25, 0.3) is 0 Å². The third-order valence-corrected chi connectivity index (χ3v) is 9.51. The molecule has 19 heavy (non-hydrogen) atoms. The van der Waals surface area contributed by atoms with Crippen molar-refractivity contribution in [2.75, 3.05) is 6.26 Å². The molecule has 0 aliphatic heterocycles. The summed E-state index contributed by atoms with van der Waals surface area (Å²) in [7, 11) is -1.83. The van der Waals surface area contributed by atoms with Gasteiger partial charge in [0.2, 0.25) is 5.91 Å². The van der Waals surface area contributed by atoms with Crippen LogP contribution in [0.5, 0.6) is 0 Å². The van der Waals surface area contributed by atoms with Crippen LogP contribution in [0.4, 0.5) is 0 Å². The van der Waals surface area contributed by atoms with E-state index in [2.05, 4.69) is 57.6 Å². The molecule has 110 valence electrons. The van der Waals surface area contributed by atoms with Gasteiger partial charge in [-0.1, -0.05) is 32.9 Å². The summed E-state index contributed by atoms with van der Waals surface area (Å²) in [6.45, 7) is 12.8. The van der Waals surface area contributed by atoms with Crippen molar-refractivity contribution in [1.82, 2.24) is 5.32 Å². The molecule has 0 radical (unpaired) electrons. The standard InChI is InChI=1S/C14H27NO2SSi/c1-10(16)15-11-8-9-12(18-5)13(11)17-19(6,7)14(2,3)4/h8-9,11-13H,1-7H3,(H,15,16)/t11-,12-,13-/m1/s1. The molecule has 0 fully saturated rings.